The van der Waals surface area contributed by atoms with Crippen LogP contribution in [0.15, 0.2) is 85.2 Å². The molecule has 4 aromatic rings. The molecule has 8 atom stereocenters. The number of methoxy groups -OCH3 is 2. The van der Waals surface area contributed by atoms with Crippen LogP contribution in [0.1, 0.15) is 144 Å². The molecule has 2 saturated heterocycles. The summed E-state index contributed by atoms with van der Waals surface area (Å²) in [5.41, 5.74) is 2.31. The second-order valence-electron chi connectivity index (χ2n) is 19.0. The quantitative estimate of drug-likeness (QED) is 0.0454. The Morgan fingerprint density at radius 3 is 1.56 bits per heavy atom. The average molecular weight is 1010 g/mol. The summed E-state index contributed by atoms with van der Waals surface area (Å²) >= 11 is 0. The third-order valence-corrected chi connectivity index (χ3v) is 13.9. The van der Waals surface area contributed by atoms with Crippen LogP contribution < -0.4 is 24.8 Å². The molecule has 396 valence electrons. The molecule has 2 aliphatic rings. The number of carbonyl (C=O) groups is 5. The van der Waals surface area contributed by atoms with Crippen LogP contribution >= 0.6 is 0 Å². The summed E-state index contributed by atoms with van der Waals surface area (Å²) in [4.78, 5) is 71.7. The Balaban J connectivity index is 0.000000273. The normalized spacial score (nSPS) is 22.3. The summed E-state index contributed by atoms with van der Waals surface area (Å²) in [5.74, 6) is -1.38. The summed E-state index contributed by atoms with van der Waals surface area (Å²) in [7, 11) is 2.82. The van der Waals surface area contributed by atoms with Gasteiger partial charge in [0.25, 0.3) is 11.8 Å². The number of amides is 2. The third-order valence-electron chi connectivity index (χ3n) is 13.9. The second-order valence-corrected chi connectivity index (χ2v) is 19.0. The molecule has 0 radical (unpaired) electrons. The first-order valence-electron chi connectivity index (χ1n) is 25.9. The average Bonchev–Trinajstić information content (AvgIpc) is 3.46. The molecular formula is C57H76N4O12. The van der Waals surface area contributed by atoms with Gasteiger partial charge in [-0.15, -0.1) is 0 Å². The van der Waals surface area contributed by atoms with Crippen molar-refractivity contribution in [3.05, 3.63) is 108 Å². The van der Waals surface area contributed by atoms with Gasteiger partial charge in [0.15, 0.2) is 34.4 Å². The molecule has 2 fully saturated rings. The highest BCUT2D eigenvalue weighted by Crippen LogP contribution is 2.36. The number of nitrogens with zero attached hydrogens (tertiary/aromatic N) is 2. The number of benzene rings is 2. The minimum Gasteiger partial charge on any atom is -0.503 e. The number of cyclic esters (lactones) is 2. The van der Waals surface area contributed by atoms with Crippen LogP contribution in [0.2, 0.25) is 0 Å². The number of esters is 3. The number of hydrogen-bond acceptors (Lipinski definition) is 14. The Morgan fingerprint density at radius 2 is 1.11 bits per heavy atom. The van der Waals surface area contributed by atoms with Gasteiger partial charge in [0, 0.05) is 31.5 Å². The predicted molar refractivity (Wildman–Crippen MR) is 275 cm³/mol. The van der Waals surface area contributed by atoms with Gasteiger partial charge in [-0.25, -0.2) is 19.6 Å². The van der Waals surface area contributed by atoms with Crippen LogP contribution in [0.3, 0.4) is 0 Å². The molecule has 16 nitrogen and oxygen atoms in total. The van der Waals surface area contributed by atoms with Crippen molar-refractivity contribution in [2.45, 2.75) is 149 Å². The highest BCUT2D eigenvalue weighted by Gasteiger charge is 2.36. The number of carbonyl (C=O) groups excluding carboxylic acids is 5. The molecule has 2 amide bonds. The van der Waals surface area contributed by atoms with E-state index in [2.05, 4.69) is 83.0 Å². The number of aromatic hydroxyl groups is 1. The first-order chi connectivity index (χ1) is 35.3. The minimum atomic E-state index is -0.837. The van der Waals surface area contributed by atoms with Gasteiger partial charge in [-0.05, 0) is 100 Å². The molecule has 0 aliphatic carbocycles. The molecule has 16 heteroatoms. The van der Waals surface area contributed by atoms with E-state index in [0.29, 0.717) is 24.7 Å². The lowest BCUT2D eigenvalue weighted by Crippen LogP contribution is -2.43. The van der Waals surface area contributed by atoms with E-state index in [-0.39, 0.29) is 58.4 Å². The molecule has 0 saturated carbocycles. The molecule has 0 bridgehead atoms. The van der Waals surface area contributed by atoms with Gasteiger partial charge in [-0.2, -0.15) is 0 Å². The highest BCUT2D eigenvalue weighted by atomic mass is 16.7. The fourth-order valence-corrected chi connectivity index (χ4v) is 10.0. The topological polar surface area (TPSA) is 211 Å². The van der Waals surface area contributed by atoms with Crippen LogP contribution in [-0.2, 0) is 41.4 Å². The number of nitrogens with one attached hydrogen (secondary N) is 2. The van der Waals surface area contributed by atoms with E-state index >= 15 is 0 Å². The van der Waals surface area contributed by atoms with E-state index in [0.717, 1.165) is 77.0 Å². The van der Waals surface area contributed by atoms with Gasteiger partial charge in [0.2, 0.25) is 6.79 Å². The van der Waals surface area contributed by atoms with Crippen molar-refractivity contribution < 1.29 is 57.5 Å². The van der Waals surface area contributed by atoms with E-state index in [1.807, 2.05) is 26.0 Å². The van der Waals surface area contributed by atoms with Crippen molar-refractivity contribution in [3.63, 3.8) is 0 Å². The minimum absolute atomic E-state index is 0.0195. The molecule has 4 heterocycles. The maximum Gasteiger partial charge on any atom is 0.328 e. The summed E-state index contributed by atoms with van der Waals surface area (Å²) in [5, 5.41) is 15.8. The summed E-state index contributed by atoms with van der Waals surface area (Å²) < 4.78 is 32.6. The van der Waals surface area contributed by atoms with E-state index in [1.165, 1.54) is 56.8 Å². The van der Waals surface area contributed by atoms with Crippen molar-refractivity contribution in [1.82, 2.24) is 20.6 Å². The second kappa shape index (κ2) is 29.7. The molecule has 6 rings (SSSR count). The van der Waals surface area contributed by atoms with Crippen LogP contribution in [0, 0.1) is 23.7 Å². The Kier molecular flexibility index (Phi) is 23.3. The summed E-state index contributed by atoms with van der Waals surface area (Å²) in [6.45, 7) is 9.11. The Bertz CT molecular complexity index is 2370. The molecule has 3 N–H and O–H groups in total. The van der Waals surface area contributed by atoms with Crippen molar-refractivity contribution in [2.24, 2.45) is 23.7 Å². The summed E-state index contributed by atoms with van der Waals surface area (Å²) in [6, 6.07) is 22.2. The van der Waals surface area contributed by atoms with E-state index in [4.69, 9.17) is 28.4 Å². The molecule has 73 heavy (non-hydrogen) atoms. The predicted octanol–water partition coefficient (Wildman–Crippen LogP) is 9.54. The Hall–Kier alpha value is -6.71. The van der Waals surface area contributed by atoms with Crippen molar-refractivity contribution in [1.29, 1.82) is 0 Å². The van der Waals surface area contributed by atoms with Gasteiger partial charge < -0.3 is 44.2 Å². The largest absolute Gasteiger partial charge is 0.503 e. The third kappa shape index (κ3) is 17.2. The first-order valence-corrected chi connectivity index (χ1v) is 25.9. The lowest BCUT2D eigenvalue weighted by atomic mass is 9.78. The van der Waals surface area contributed by atoms with E-state index in [9.17, 15) is 29.1 Å². The highest BCUT2D eigenvalue weighted by molar-refractivity contribution is 5.98. The van der Waals surface area contributed by atoms with Crippen LogP contribution in [0.5, 0.6) is 23.0 Å². The molecule has 2 aliphatic heterocycles. The molecular weight excluding hydrogens is 933 g/mol. The number of ether oxygens (including phenoxy) is 6. The van der Waals surface area contributed by atoms with Gasteiger partial charge in [0.05, 0.1) is 14.2 Å². The van der Waals surface area contributed by atoms with Crippen molar-refractivity contribution in [2.75, 3.05) is 21.0 Å². The zero-order valence-corrected chi connectivity index (χ0v) is 43.6. The maximum atomic E-state index is 13.3. The van der Waals surface area contributed by atoms with E-state index < -0.39 is 48.6 Å². The van der Waals surface area contributed by atoms with Crippen LogP contribution in [0.25, 0.3) is 0 Å². The fraction of sp³-hybridized carbons (Fsp3) is 0.526. The van der Waals surface area contributed by atoms with Crippen molar-refractivity contribution >= 4 is 29.7 Å². The van der Waals surface area contributed by atoms with Gasteiger partial charge in [-0.3, -0.25) is 14.4 Å². The lowest BCUT2D eigenvalue weighted by Gasteiger charge is -2.31. The molecule has 0 spiro atoms. The van der Waals surface area contributed by atoms with Crippen molar-refractivity contribution in [3.8, 4) is 23.0 Å². The lowest BCUT2D eigenvalue weighted by molar-refractivity contribution is -0.154. The van der Waals surface area contributed by atoms with Gasteiger partial charge in [0.1, 0.15) is 24.3 Å². The van der Waals surface area contributed by atoms with Crippen LogP contribution in [-0.4, -0.2) is 90.1 Å². The zero-order chi connectivity index (χ0) is 52.7. The maximum absolute atomic E-state index is 13.3. The number of unbranched alkanes of at least 4 members (excludes halogenated alkanes) is 2. The smallest absolute Gasteiger partial charge is 0.328 e. The standard InChI is InChI=1S/C30H40N2O7.C27H36N2O5/c1-5-6-14-24-20(2)39-30(35)25(15-10-13-23(24)18-22-11-8-7-9-12-22)32-29(34)27-28(38-19-37-21(3)33)26(36-4)16-17-31-27;1-4-5-13-21-18(2)34-27(32)22(14-9-12-20(21)17-19-10-7-6-8-11-19)29-26(31)24-25(30)23(33-3)15-16-28-24/h7-9,11-12,16-17,20,23-25H,5-6,10,13-15,18-19H2,1-4H3,(H,32,34);6-8,10-11,15-16,18,20-22,30H,4-5,9,12-14,17H2,1-3H3,(H,29,31)/t20-,23+,24-,25?;18-,20+,21-,22?/m00/s1. The number of aromatic nitrogens is 2. The number of rotatable bonds is 19. The molecule has 2 aromatic heterocycles. The van der Waals surface area contributed by atoms with Gasteiger partial charge >= 0.3 is 17.9 Å². The Morgan fingerprint density at radius 1 is 0.658 bits per heavy atom. The van der Waals surface area contributed by atoms with Crippen LogP contribution in [0.4, 0.5) is 0 Å². The van der Waals surface area contributed by atoms with Gasteiger partial charge in [-0.1, -0.05) is 113 Å². The SMILES string of the molecule is CCCC[C@@H]1[C@@H](Cc2ccccc2)CCCC(NC(=O)c2nccc(OC)c2O)C(=O)O[C@H]1C.CCCC[C@@H]1[C@@H](Cc2ccccc2)CCCC(NC(=O)c2nccc(OC)c2OCOC(C)=O)C(=O)O[C@H]1C. The number of hydrogen-bond donors (Lipinski definition) is 3. The first kappa shape index (κ1) is 57.2. The Labute approximate surface area is 430 Å². The number of pyridine rings is 2. The fourth-order valence-electron chi connectivity index (χ4n) is 10.0. The molecule has 2 unspecified atom stereocenters. The molecule has 2 aromatic carbocycles. The zero-order valence-electron chi connectivity index (χ0n) is 43.6. The summed E-state index contributed by atoms with van der Waals surface area (Å²) in [6.07, 6.45) is 14.7. The van der Waals surface area contributed by atoms with E-state index in [1.54, 1.807) is 0 Å². The monoisotopic (exact) mass is 1010 g/mol.